The predicted molar refractivity (Wildman–Crippen MR) is 153 cm³/mol. The molecule has 0 aliphatic heterocycles. The lowest BCUT2D eigenvalue weighted by molar-refractivity contribution is -0.147. The zero-order valence-electron chi connectivity index (χ0n) is 21.1. The number of benzene rings is 4. The van der Waals surface area contributed by atoms with E-state index in [9.17, 15) is 24.6 Å². The molecule has 6 nitrogen and oxygen atoms in total. The minimum absolute atomic E-state index is 0.311. The molecule has 0 saturated carbocycles. The van der Waals surface area contributed by atoms with Crippen LogP contribution in [0.25, 0.3) is 0 Å². The van der Waals surface area contributed by atoms with Crippen LogP contribution in [0.4, 0.5) is 0 Å². The Kier molecular flexibility index (Phi) is 9.18. The van der Waals surface area contributed by atoms with Gasteiger partial charge in [-0.2, -0.15) is 0 Å². The highest BCUT2D eigenvalue weighted by Crippen LogP contribution is 2.50. The second-order valence-corrected chi connectivity index (χ2v) is 10.5. The van der Waals surface area contributed by atoms with Crippen molar-refractivity contribution in [2.24, 2.45) is 0 Å². The molecule has 4 rings (SSSR count). The van der Waals surface area contributed by atoms with Gasteiger partial charge >= 0.3 is 11.9 Å². The van der Waals surface area contributed by atoms with Gasteiger partial charge in [-0.1, -0.05) is 121 Å². The average Bonchev–Trinajstić information content (AvgIpc) is 2.96. The summed E-state index contributed by atoms with van der Waals surface area (Å²) in [6, 6.07) is 37.6. The number of thioether (sulfide) groups is 1. The molecule has 0 radical (unpaired) electrons. The number of aliphatic carboxylic acids is 2. The van der Waals surface area contributed by atoms with E-state index in [0.29, 0.717) is 6.42 Å². The van der Waals surface area contributed by atoms with Crippen molar-refractivity contribution in [3.8, 4) is 0 Å². The molecule has 0 aromatic heterocycles. The van der Waals surface area contributed by atoms with Crippen LogP contribution in [0, 0.1) is 0 Å². The second kappa shape index (κ2) is 12.9. The van der Waals surface area contributed by atoms with Crippen LogP contribution in [0.15, 0.2) is 121 Å². The Labute approximate surface area is 231 Å². The molecule has 0 saturated heterocycles. The smallest absolute Gasteiger partial charge is 0.326 e. The molecule has 198 valence electrons. The molecule has 0 aliphatic rings. The Morgan fingerprint density at radius 2 is 1.08 bits per heavy atom. The van der Waals surface area contributed by atoms with E-state index in [2.05, 4.69) is 5.32 Å². The maximum absolute atomic E-state index is 13.8. The number of amides is 1. The van der Waals surface area contributed by atoms with E-state index in [4.69, 9.17) is 0 Å². The van der Waals surface area contributed by atoms with Gasteiger partial charge in [-0.25, -0.2) is 4.79 Å². The summed E-state index contributed by atoms with van der Waals surface area (Å²) in [6.07, 6.45) is -0.407. The number of hydrogen-bond donors (Lipinski definition) is 3. The third-order valence-corrected chi connectivity index (χ3v) is 8.14. The predicted octanol–water partition coefficient (Wildman–Crippen LogP) is 5.37. The van der Waals surface area contributed by atoms with E-state index in [0.717, 1.165) is 22.3 Å². The second-order valence-electron chi connectivity index (χ2n) is 9.07. The Morgan fingerprint density at radius 3 is 1.46 bits per heavy atom. The van der Waals surface area contributed by atoms with Gasteiger partial charge in [0.25, 0.3) is 0 Å². The van der Waals surface area contributed by atoms with E-state index in [1.54, 1.807) is 0 Å². The maximum Gasteiger partial charge on any atom is 0.326 e. The third kappa shape index (κ3) is 6.75. The first-order chi connectivity index (χ1) is 18.9. The van der Waals surface area contributed by atoms with Crippen LogP contribution in [-0.4, -0.2) is 39.4 Å². The van der Waals surface area contributed by atoms with Crippen LogP contribution >= 0.6 is 11.8 Å². The Morgan fingerprint density at radius 1 is 0.667 bits per heavy atom. The standard InChI is InChI=1S/C32H29NO5S/c34-29(35)22-27(31(37)38)33-30(36)28(21-23-13-5-1-6-14-23)39-32(24-15-7-2-8-16-24,25-17-9-3-10-18-25)26-19-11-4-12-20-26/h1-20,27-28H,21-22H2,(H,33,36)(H,34,35)(H,37,38). The lowest BCUT2D eigenvalue weighted by atomic mass is 9.84. The van der Waals surface area contributed by atoms with Crippen molar-refractivity contribution < 1.29 is 24.6 Å². The topological polar surface area (TPSA) is 104 Å². The van der Waals surface area contributed by atoms with Crippen molar-refractivity contribution in [2.75, 3.05) is 0 Å². The van der Waals surface area contributed by atoms with Crippen molar-refractivity contribution in [2.45, 2.75) is 28.9 Å². The number of carbonyl (C=O) groups excluding carboxylic acids is 1. The van der Waals surface area contributed by atoms with Crippen molar-refractivity contribution in [1.29, 1.82) is 0 Å². The molecule has 1 amide bonds. The van der Waals surface area contributed by atoms with Crippen LogP contribution < -0.4 is 5.32 Å². The van der Waals surface area contributed by atoms with Crippen LogP contribution in [0.1, 0.15) is 28.7 Å². The quantitative estimate of drug-likeness (QED) is 0.209. The summed E-state index contributed by atoms with van der Waals surface area (Å²) >= 11 is 1.42. The minimum Gasteiger partial charge on any atom is -0.481 e. The zero-order chi connectivity index (χ0) is 27.7. The summed E-state index contributed by atoms with van der Waals surface area (Å²) in [4.78, 5) is 37.0. The lowest BCUT2D eigenvalue weighted by Gasteiger charge is -2.38. The van der Waals surface area contributed by atoms with Gasteiger partial charge in [0.15, 0.2) is 0 Å². The Hall–Kier alpha value is -4.36. The molecule has 0 bridgehead atoms. The third-order valence-electron chi connectivity index (χ3n) is 6.41. The van der Waals surface area contributed by atoms with Gasteiger partial charge in [0.2, 0.25) is 5.91 Å². The van der Waals surface area contributed by atoms with E-state index in [1.807, 2.05) is 121 Å². The van der Waals surface area contributed by atoms with E-state index < -0.39 is 40.3 Å². The van der Waals surface area contributed by atoms with E-state index in [1.165, 1.54) is 11.8 Å². The molecule has 4 aromatic rings. The van der Waals surface area contributed by atoms with Gasteiger partial charge in [0.1, 0.15) is 6.04 Å². The molecular formula is C32H29NO5S. The van der Waals surface area contributed by atoms with E-state index >= 15 is 0 Å². The van der Waals surface area contributed by atoms with Gasteiger partial charge in [0, 0.05) is 0 Å². The van der Waals surface area contributed by atoms with Crippen molar-refractivity contribution in [1.82, 2.24) is 5.32 Å². The van der Waals surface area contributed by atoms with Crippen LogP contribution in [-0.2, 0) is 25.6 Å². The fraction of sp³-hybridized carbons (Fsp3) is 0.156. The van der Waals surface area contributed by atoms with Crippen LogP contribution in [0.3, 0.4) is 0 Å². The van der Waals surface area contributed by atoms with E-state index in [-0.39, 0.29) is 0 Å². The normalized spacial score (nSPS) is 12.7. The molecule has 3 N–H and O–H groups in total. The highest BCUT2D eigenvalue weighted by molar-refractivity contribution is 8.02. The molecule has 2 atom stereocenters. The first-order valence-corrected chi connectivity index (χ1v) is 13.4. The molecule has 2 unspecified atom stereocenters. The largest absolute Gasteiger partial charge is 0.481 e. The molecular weight excluding hydrogens is 510 g/mol. The van der Waals surface area contributed by atoms with Gasteiger partial charge < -0.3 is 15.5 Å². The maximum atomic E-state index is 13.8. The summed E-state index contributed by atoms with van der Waals surface area (Å²) in [6.45, 7) is 0. The molecule has 0 heterocycles. The molecule has 7 heteroatoms. The number of nitrogens with one attached hydrogen (secondary N) is 1. The summed E-state index contributed by atoms with van der Waals surface area (Å²) in [5.41, 5.74) is 3.77. The minimum atomic E-state index is -1.55. The number of carboxylic acids is 2. The molecule has 0 fully saturated rings. The molecule has 4 aromatic carbocycles. The number of rotatable bonds is 12. The van der Waals surface area contributed by atoms with Crippen molar-refractivity contribution >= 4 is 29.6 Å². The number of carbonyl (C=O) groups is 3. The molecule has 0 spiro atoms. The monoisotopic (exact) mass is 539 g/mol. The fourth-order valence-corrected chi connectivity index (χ4v) is 6.29. The first kappa shape index (κ1) is 27.7. The van der Waals surface area contributed by atoms with Gasteiger partial charge in [0.05, 0.1) is 16.4 Å². The SMILES string of the molecule is O=C(O)CC(NC(=O)C(Cc1ccccc1)SC(c1ccccc1)(c1ccccc1)c1ccccc1)C(=O)O. The first-order valence-electron chi connectivity index (χ1n) is 12.5. The summed E-state index contributed by atoms with van der Waals surface area (Å²) in [5.74, 6) is -3.23. The van der Waals surface area contributed by atoms with Crippen molar-refractivity contribution in [3.63, 3.8) is 0 Å². The number of carboxylic acid groups (broad SMARTS) is 2. The molecule has 0 aliphatic carbocycles. The highest BCUT2D eigenvalue weighted by Gasteiger charge is 2.42. The Balaban J connectivity index is 1.86. The summed E-state index contributed by atoms with van der Waals surface area (Å²) in [5, 5.41) is 20.6. The van der Waals surface area contributed by atoms with Crippen LogP contribution in [0.5, 0.6) is 0 Å². The lowest BCUT2D eigenvalue weighted by Crippen LogP contribution is -2.47. The van der Waals surface area contributed by atoms with Crippen molar-refractivity contribution in [3.05, 3.63) is 144 Å². The summed E-state index contributed by atoms with van der Waals surface area (Å²) in [7, 11) is 0. The molecule has 39 heavy (non-hydrogen) atoms. The average molecular weight is 540 g/mol. The van der Waals surface area contributed by atoms with Gasteiger partial charge in [-0.15, -0.1) is 11.8 Å². The fourth-order valence-electron chi connectivity index (χ4n) is 4.59. The number of hydrogen-bond acceptors (Lipinski definition) is 4. The van der Waals surface area contributed by atoms with Gasteiger partial charge in [-0.05, 0) is 28.7 Å². The highest BCUT2D eigenvalue weighted by atomic mass is 32.2. The Bertz CT molecular complexity index is 1280. The summed E-state index contributed by atoms with van der Waals surface area (Å²) < 4.78 is -0.827. The van der Waals surface area contributed by atoms with Gasteiger partial charge in [-0.3, -0.25) is 9.59 Å². The zero-order valence-corrected chi connectivity index (χ0v) is 22.0. The van der Waals surface area contributed by atoms with Crippen LogP contribution in [0.2, 0.25) is 0 Å².